The predicted octanol–water partition coefficient (Wildman–Crippen LogP) is 5.50. The molecule has 6 heteroatoms. The van der Waals surface area contributed by atoms with Gasteiger partial charge in [0.05, 0.1) is 25.5 Å². The molecule has 1 N–H and O–H groups in total. The van der Waals surface area contributed by atoms with E-state index in [2.05, 4.69) is 12.2 Å². The Labute approximate surface area is 170 Å². The number of methoxy groups -OCH3 is 2. The number of amides is 1. The molecule has 0 aliphatic carbocycles. The summed E-state index contributed by atoms with van der Waals surface area (Å²) in [6, 6.07) is 13.2. The van der Waals surface area contributed by atoms with Gasteiger partial charge in [-0.15, -0.1) is 11.8 Å². The van der Waals surface area contributed by atoms with E-state index in [9.17, 15) is 4.79 Å². The number of thioether (sulfide) groups is 1. The highest BCUT2D eigenvalue weighted by Crippen LogP contribution is 2.32. The number of benzene rings is 2. The van der Waals surface area contributed by atoms with E-state index in [0.29, 0.717) is 16.5 Å². The first-order chi connectivity index (χ1) is 13.0. The van der Waals surface area contributed by atoms with Crippen molar-refractivity contribution in [2.75, 3.05) is 14.2 Å². The molecular formula is C21H26ClNO3S. The van der Waals surface area contributed by atoms with Crippen LogP contribution in [-0.4, -0.2) is 25.4 Å². The number of hydrogen-bond acceptors (Lipinski definition) is 4. The summed E-state index contributed by atoms with van der Waals surface area (Å²) < 4.78 is 10.7. The topological polar surface area (TPSA) is 47.6 Å². The quantitative estimate of drug-likeness (QED) is 0.558. The fraction of sp³-hybridized carbons (Fsp3) is 0.381. The fourth-order valence-electron chi connectivity index (χ4n) is 2.76. The van der Waals surface area contributed by atoms with Crippen LogP contribution in [0.4, 0.5) is 0 Å². The normalized spacial score (nSPS) is 12.9. The van der Waals surface area contributed by atoms with Crippen LogP contribution in [0, 0.1) is 0 Å². The molecule has 2 atom stereocenters. The second-order valence-corrected chi connectivity index (χ2v) is 7.77. The molecule has 2 unspecified atom stereocenters. The molecule has 4 nitrogen and oxygen atoms in total. The van der Waals surface area contributed by atoms with Gasteiger partial charge in [0.2, 0.25) is 5.91 Å². The molecule has 146 valence electrons. The molecule has 0 saturated heterocycles. The van der Waals surface area contributed by atoms with Crippen LogP contribution in [0.5, 0.6) is 11.5 Å². The van der Waals surface area contributed by atoms with Gasteiger partial charge < -0.3 is 14.8 Å². The van der Waals surface area contributed by atoms with Crippen molar-refractivity contribution in [3.8, 4) is 11.5 Å². The van der Waals surface area contributed by atoms with Crippen molar-refractivity contribution < 1.29 is 14.3 Å². The molecule has 0 aromatic heterocycles. The van der Waals surface area contributed by atoms with Gasteiger partial charge in [-0.05, 0) is 54.8 Å². The van der Waals surface area contributed by atoms with Crippen LogP contribution >= 0.6 is 23.4 Å². The minimum absolute atomic E-state index is 0.0269. The summed E-state index contributed by atoms with van der Waals surface area (Å²) in [6.07, 6.45) is 1.52. The number of nitrogens with one attached hydrogen (secondary N) is 1. The number of hydrogen-bond donors (Lipinski definition) is 1. The lowest BCUT2D eigenvalue weighted by molar-refractivity contribution is -0.121. The van der Waals surface area contributed by atoms with Crippen molar-refractivity contribution in [2.24, 2.45) is 0 Å². The van der Waals surface area contributed by atoms with Gasteiger partial charge in [-0.2, -0.15) is 0 Å². The van der Waals surface area contributed by atoms with Gasteiger partial charge in [0.15, 0.2) is 11.5 Å². The van der Waals surface area contributed by atoms with Crippen molar-refractivity contribution in [1.29, 1.82) is 0 Å². The van der Waals surface area contributed by atoms with E-state index in [1.807, 2.05) is 49.4 Å². The summed E-state index contributed by atoms with van der Waals surface area (Å²) in [6.45, 7) is 4.07. The van der Waals surface area contributed by atoms with E-state index in [-0.39, 0.29) is 17.2 Å². The number of rotatable bonds is 9. The third-order valence-electron chi connectivity index (χ3n) is 4.29. The van der Waals surface area contributed by atoms with E-state index in [0.717, 1.165) is 23.3 Å². The highest BCUT2D eigenvalue weighted by atomic mass is 35.5. The highest BCUT2D eigenvalue weighted by molar-refractivity contribution is 8.00. The van der Waals surface area contributed by atoms with Crippen molar-refractivity contribution >= 4 is 29.3 Å². The van der Waals surface area contributed by atoms with Gasteiger partial charge in [-0.25, -0.2) is 0 Å². The second kappa shape index (κ2) is 10.5. The first kappa shape index (κ1) is 21.5. The Balaban J connectivity index is 2.11. The summed E-state index contributed by atoms with van der Waals surface area (Å²) in [5.74, 6) is 1.36. The molecule has 0 fully saturated rings. The number of halogens is 1. The Morgan fingerprint density at radius 3 is 2.26 bits per heavy atom. The third-order valence-corrected chi connectivity index (χ3v) is 5.92. The van der Waals surface area contributed by atoms with Crippen LogP contribution in [0.25, 0.3) is 0 Å². The largest absolute Gasteiger partial charge is 0.493 e. The number of carbonyl (C=O) groups is 1. The first-order valence-corrected chi connectivity index (χ1v) is 10.2. The zero-order valence-electron chi connectivity index (χ0n) is 16.1. The Hall–Kier alpha value is -1.85. The predicted molar refractivity (Wildman–Crippen MR) is 112 cm³/mol. The van der Waals surface area contributed by atoms with E-state index >= 15 is 0 Å². The molecule has 0 aliphatic heterocycles. The minimum Gasteiger partial charge on any atom is -0.493 e. The fourth-order valence-corrected chi connectivity index (χ4v) is 3.84. The van der Waals surface area contributed by atoms with Gasteiger partial charge in [0, 0.05) is 9.92 Å². The van der Waals surface area contributed by atoms with Crippen LogP contribution < -0.4 is 14.8 Å². The Kier molecular flexibility index (Phi) is 8.32. The van der Waals surface area contributed by atoms with Crippen LogP contribution in [0.2, 0.25) is 5.02 Å². The highest BCUT2D eigenvalue weighted by Gasteiger charge is 2.22. The van der Waals surface area contributed by atoms with Crippen molar-refractivity contribution in [2.45, 2.75) is 42.9 Å². The average Bonchev–Trinajstić information content (AvgIpc) is 2.70. The van der Waals surface area contributed by atoms with E-state index in [4.69, 9.17) is 21.1 Å². The number of ether oxygens (including phenoxy) is 2. The van der Waals surface area contributed by atoms with Gasteiger partial charge in [0.1, 0.15) is 0 Å². The van der Waals surface area contributed by atoms with E-state index < -0.39 is 0 Å². The van der Waals surface area contributed by atoms with Crippen LogP contribution in [-0.2, 0) is 4.79 Å². The maximum absolute atomic E-state index is 12.9. The summed E-state index contributed by atoms with van der Waals surface area (Å²) in [5, 5.41) is 3.70. The molecule has 2 aromatic rings. The lowest BCUT2D eigenvalue weighted by atomic mass is 10.0. The Morgan fingerprint density at radius 2 is 1.70 bits per heavy atom. The van der Waals surface area contributed by atoms with Crippen molar-refractivity contribution in [3.05, 3.63) is 53.1 Å². The maximum atomic E-state index is 12.9. The molecule has 0 bridgehead atoms. The molecule has 0 radical (unpaired) electrons. The second-order valence-electron chi connectivity index (χ2n) is 6.05. The van der Waals surface area contributed by atoms with Crippen LogP contribution in [0.15, 0.2) is 47.4 Å². The first-order valence-electron chi connectivity index (χ1n) is 8.96. The van der Waals surface area contributed by atoms with Crippen molar-refractivity contribution in [3.63, 3.8) is 0 Å². The molecular weight excluding hydrogens is 382 g/mol. The maximum Gasteiger partial charge on any atom is 0.233 e. The summed E-state index contributed by atoms with van der Waals surface area (Å²) >= 11 is 7.49. The van der Waals surface area contributed by atoms with E-state index in [1.54, 1.807) is 26.0 Å². The zero-order valence-corrected chi connectivity index (χ0v) is 17.7. The molecule has 2 rings (SSSR count). The van der Waals surface area contributed by atoms with Crippen LogP contribution in [0.3, 0.4) is 0 Å². The smallest absolute Gasteiger partial charge is 0.233 e. The molecule has 27 heavy (non-hydrogen) atoms. The Morgan fingerprint density at radius 1 is 1.04 bits per heavy atom. The Bertz CT molecular complexity index is 752. The SMILES string of the molecule is CCC(Sc1ccc(Cl)cc1)C(=O)NC(CC)c1ccc(OC)c(OC)c1. The standard InChI is InChI=1S/C21H26ClNO3S/c1-5-17(14-7-12-18(25-3)19(13-14)26-4)23-21(24)20(6-2)27-16-10-8-15(22)9-11-16/h7-13,17,20H,5-6H2,1-4H3,(H,23,24). The molecule has 0 saturated carbocycles. The molecule has 2 aromatic carbocycles. The molecule has 0 spiro atoms. The molecule has 0 aliphatic rings. The van der Waals surface area contributed by atoms with Gasteiger partial charge in [-0.3, -0.25) is 4.79 Å². The average molecular weight is 408 g/mol. The lowest BCUT2D eigenvalue weighted by Crippen LogP contribution is -2.35. The number of carbonyl (C=O) groups excluding carboxylic acids is 1. The third kappa shape index (κ3) is 5.81. The lowest BCUT2D eigenvalue weighted by Gasteiger charge is -2.22. The van der Waals surface area contributed by atoms with E-state index in [1.165, 1.54) is 0 Å². The molecule has 1 amide bonds. The summed E-state index contributed by atoms with van der Waals surface area (Å²) in [4.78, 5) is 13.9. The van der Waals surface area contributed by atoms with Gasteiger partial charge >= 0.3 is 0 Å². The van der Waals surface area contributed by atoms with Gasteiger partial charge in [-0.1, -0.05) is 31.5 Å². The summed E-state index contributed by atoms with van der Waals surface area (Å²) in [7, 11) is 3.22. The summed E-state index contributed by atoms with van der Waals surface area (Å²) in [5.41, 5.74) is 0.995. The minimum atomic E-state index is -0.166. The van der Waals surface area contributed by atoms with Crippen molar-refractivity contribution in [1.82, 2.24) is 5.32 Å². The monoisotopic (exact) mass is 407 g/mol. The zero-order chi connectivity index (χ0) is 19.8. The van der Waals surface area contributed by atoms with Gasteiger partial charge in [0.25, 0.3) is 0 Å². The molecule has 0 heterocycles. The van der Waals surface area contributed by atoms with Crippen LogP contribution in [0.1, 0.15) is 38.3 Å².